The second kappa shape index (κ2) is 6.58. The Morgan fingerprint density at radius 2 is 1.88 bits per heavy atom. The van der Waals surface area contributed by atoms with Gasteiger partial charge in [-0.25, -0.2) is 9.07 Å². The molecule has 1 aromatic carbocycles. The fourth-order valence-electron chi connectivity index (χ4n) is 3.23. The maximum atomic E-state index is 13.9. The Morgan fingerprint density at radius 1 is 1.24 bits per heavy atom. The number of piperazine rings is 1. The molecule has 1 saturated heterocycles. The van der Waals surface area contributed by atoms with Gasteiger partial charge in [-0.3, -0.25) is 10.1 Å². The number of halogens is 1. The Bertz CT molecular complexity index is 799. The minimum absolute atomic E-state index is 0.0476. The van der Waals surface area contributed by atoms with Crippen molar-refractivity contribution in [3.05, 3.63) is 39.8 Å². The van der Waals surface area contributed by atoms with Crippen LogP contribution in [0.5, 0.6) is 5.75 Å². The van der Waals surface area contributed by atoms with Gasteiger partial charge in [0.15, 0.2) is 11.6 Å². The number of rotatable bonds is 4. The van der Waals surface area contributed by atoms with Crippen LogP contribution >= 0.6 is 0 Å². The van der Waals surface area contributed by atoms with Gasteiger partial charge < -0.3 is 14.5 Å². The first kappa shape index (κ1) is 17.0. The quantitative estimate of drug-likeness (QED) is 0.622. The number of aryl methyl sites for hydroxylation is 2. The standard InChI is InChI=1S/C16H20FN5O3/c1-11-15(22(23)24)16(19(2)18-11)21-8-6-20(7-9-21)12-4-5-14(25-3)13(17)10-12/h4-5,10H,6-9H2,1-3H3. The van der Waals surface area contributed by atoms with Crippen molar-refractivity contribution in [2.75, 3.05) is 43.1 Å². The molecule has 0 atom stereocenters. The van der Waals surface area contributed by atoms with Gasteiger partial charge in [-0.15, -0.1) is 0 Å². The second-order valence-corrected chi connectivity index (χ2v) is 5.93. The molecule has 0 aliphatic carbocycles. The van der Waals surface area contributed by atoms with Crippen molar-refractivity contribution < 1.29 is 14.1 Å². The van der Waals surface area contributed by atoms with Crippen LogP contribution in [0.2, 0.25) is 0 Å². The number of methoxy groups -OCH3 is 1. The van der Waals surface area contributed by atoms with Gasteiger partial charge in [0.2, 0.25) is 5.82 Å². The van der Waals surface area contributed by atoms with Crippen LogP contribution < -0.4 is 14.5 Å². The lowest BCUT2D eigenvalue weighted by Gasteiger charge is -2.36. The summed E-state index contributed by atoms with van der Waals surface area (Å²) in [5.74, 6) is 0.326. The molecule has 1 aromatic heterocycles. The van der Waals surface area contributed by atoms with E-state index in [9.17, 15) is 14.5 Å². The van der Waals surface area contributed by atoms with Crippen LogP contribution in [0.25, 0.3) is 0 Å². The first-order valence-electron chi connectivity index (χ1n) is 7.93. The Balaban J connectivity index is 1.77. The zero-order chi connectivity index (χ0) is 18.1. The van der Waals surface area contributed by atoms with Crippen LogP contribution in [-0.4, -0.2) is 48.0 Å². The van der Waals surface area contributed by atoms with E-state index in [0.29, 0.717) is 37.7 Å². The Morgan fingerprint density at radius 3 is 2.44 bits per heavy atom. The molecule has 134 valence electrons. The Labute approximate surface area is 144 Å². The summed E-state index contributed by atoms with van der Waals surface area (Å²) in [6, 6.07) is 4.87. The van der Waals surface area contributed by atoms with Gasteiger partial charge in [0.05, 0.1) is 12.0 Å². The molecule has 2 aromatic rings. The number of aromatic nitrogens is 2. The molecule has 0 radical (unpaired) electrons. The maximum Gasteiger partial charge on any atom is 0.333 e. The van der Waals surface area contributed by atoms with E-state index in [-0.39, 0.29) is 16.4 Å². The van der Waals surface area contributed by atoms with Crippen molar-refractivity contribution in [3.8, 4) is 5.75 Å². The molecule has 9 heteroatoms. The van der Waals surface area contributed by atoms with Crippen molar-refractivity contribution >= 4 is 17.2 Å². The van der Waals surface area contributed by atoms with E-state index in [1.54, 1.807) is 24.7 Å². The Kier molecular flexibility index (Phi) is 4.47. The highest BCUT2D eigenvalue weighted by Crippen LogP contribution is 2.32. The smallest absolute Gasteiger partial charge is 0.333 e. The average Bonchev–Trinajstić information content (AvgIpc) is 2.89. The lowest BCUT2D eigenvalue weighted by Crippen LogP contribution is -2.47. The number of nitrogens with zero attached hydrogens (tertiary/aromatic N) is 5. The Hall–Kier alpha value is -2.84. The van der Waals surface area contributed by atoms with E-state index in [0.717, 1.165) is 5.69 Å². The fraction of sp³-hybridized carbons (Fsp3) is 0.438. The molecule has 0 amide bonds. The summed E-state index contributed by atoms with van der Waals surface area (Å²) in [5.41, 5.74) is 1.22. The predicted octanol–water partition coefficient (Wildman–Crippen LogP) is 2.11. The third-order valence-corrected chi connectivity index (χ3v) is 4.42. The summed E-state index contributed by atoms with van der Waals surface area (Å²) in [6.45, 7) is 4.08. The van der Waals surface area contributed by atoms with Gasteiger partial charge >= 0.3 is 5.69 Å². The van der Waals surface area contributed by atoms with E-state index in [1.807, 2.05) is 15.9 Å². The monoisotopic (exact) mass is 349 g/mol. The largest absolute Gasteiger partial charge is 0.494 e. The molecule has 8 nitrogen and oxygen atoms in total. The number of anilines is 2. The van der Waals surface area contributed by atoms with Gasteiger partial charge in [0, 0.05) is 45.0 Å². The number of ether oxygens (including phenoxy) is 1. The van der Waals surface area contributed by atoms with Crippen LogP contribution in [-0.2, 0) is 7.05 Å². The second-order valence-electron chi connectivity index (χ2n) is 5.93. The van der Waals surface area contributed by atoms with Crippen LogP contribution in [0.1, 0.15) is 5.69 Å². The van der Waals surface area contributed by atoms with Crippen molar-refractivity contribution in [1.82, 2.24) is 9.78 Å². The van der Waals surface area contributed by atoms with Crippen LogP contribution in [0.3, 0.4) is 0 Å². The first-order valence-corrected chi connectivity index (χ1v) is 7.93. The molecule has 1 fully saturated rings. The van der Waals surface area contributed by atoms with E-state index in [4.69, 9.17) is 4.74 Å². The molecule has 0 unspecified atom stereocenters. The SMILES string of the molecule is COc1ccc(N2CCN(c3c([N+](=O)[O-])c(C)nn3C)CC2)cc1F. The number of hydrogen-bond donors (Lipinski definition) is 0. The molecule has 2 heterocycles. The van der Waals surface area contributed by atoms with E-state index < -0.39 is 5.82 Å². The number of hydrogen-bond acceptors (Lipinski definition) is 6. The van der Waals surface area contributed by atoms with Gasteiger partial charge in [-0.2, -0.15) is 5.10 Å². The highest BCUT2D eigenvalue weighted by atomic mass is 19.1. The van der Waals surface area contributed by atoms with Crippen molar-refractivity contribution in [3.63, 3.8) is 0 Å². The minimum atomic E-state index is -0.402. The summed E-state index contributed by atoms with van der Waals surface area (Å²) in [7, 11) is 3.14. The summed E-state index contributed by atoms with van der Waals surface area (Å²) >= 11 is 0. The maximum absolute atomic E-state index is 13.9. The fourth-order valence-corrected chi connectivity index (χ4v) is 3.23. The number of nitro groups is 1. The predicted molar refractivity (Wildman–Crippen MR) is 92.0 cm³/mol. The highest BCUT2D eigenvalue weighted by molar-refractivity contribution is 5.62. The van der Waals surface area contributed by atoms with Gasteiger partial charge in [-0.05, 0) is 19.1 Å². The van der Waals surface area contributed by atoms with Gasteiger partial charge in [0.25, 0.3) is 0 Å². The third kappa shape index (κ3) is 3.09. The third-order valence-electron chi connectivity index (χ3n) is 4.42. The summed E-state index contributed by atoms with van der Waals surface area (Å²) < 4.78 is 20.4. The molecule has 0 N–H and O–H groups in total. The van der Waals surface area contributed by atoms with Gasteiger partial charge in [0.1, 0.15) is 5.69 Å². The molecule has 1 aliphatic rings. The lowest BCUT2D eigenvalue weighted by atomic mass is 10.2. The summed E-state index contributed by atoms with van der Waals surface area (Å²) in [4.78, 5) is 15.0. The van der Waals surface area contributed by atoms with E-state index in [1.165, 1.54) is 13.2 Å². The normalized spacial score (nSPS) is 14.7. The van der Waals surface area contributed by atoms with Crippen LogP contribution in [0.15, 0.2) is 18.2 Å². The molecule has 3 rings (SSSR count). The van der Waals surface area contributed by atoms with Crippen LogP contribution in [0.4, 0.5) is 21.6 Å². The molecular formula is C16H20FN5O3. The molecule has 25 heavy (non-hydrogen) atoms. The number of benzene rings is 1. The van der Waals surface area contributed by atoms with Crippen molar-refractivity contribution in [2.45, 2.75) is 6.92 Å². The van der Waals surface area contributed by atoms with E-state index >= 15 is 0 Å². The van der Waals surface area contributed by atoms with Crippen molar-refractivity contribution in [1.29, 1.82) is 0 Å². The molecule has 0 spiro atoms. The van der Waals surface area contributed by atoms with E-state index in [2.05, 4.69) is 5.10 Å². The summed E-state index contributed by atoms with van der Waals surface area (Å²) in [5, 5.41) is 15.5. The first-order chi connectivity index (χ1) is 11.9. The zero-order valence-electron chi connectivity index (χ0n) is 14.4. The molecule has 1 aliphatic heterocycles. The topological polar surface area (TPSA) is 76.7 Å². The average molecular weight is 349 g/mol. The zero-order valence-corrected chi connectivity index (χ0v) is 14.4. The minimum Gasteiger partial charge on any atom is -0.494 e. The van der Waals surface area contributed by atoms with Gasteiger partial charge in [-0.1, -0.05) is 0 Å². The highest BCUT2D eigenvalue weighted by Gasteiger charge is 2.30. The van der Waals surface area contributed by atoms with Crippen LogP contribution in [0, 0.1) is 22.9 Å². The molecule has 0 bridgehead atoms. The lowest BCUT2D eigenvalue weighted by molar-refractivity contribution is -0.384. The molecule has 0 saturated carbocycles. The molecular weight excluding hydrogens is 329 g/mol. The van der Waals surface area contributed by atoms with Crippen molar-refractivity contribution in [2.24, 2.45) is 7.05 Å². The summed E-state index contributed by atoms with van der Waals surface area (Å²) in [6.07, 6.45) is 0.